The minimum atomic E-state index is -1.45. The summed E-state index contributed by atoms with van der Waals surface area (Å²) in [5.74, 6) is 0.0380. The zero-order valence-corrected chi connectivity index (χ0v) is 14.9. The van der Waals surface area contributed by atoms with Crippen molar-refractivity contribution in [3.8, 4) is 11.6 Å². The van der Waals surface area contributed by atoms with Crippen LogP contribution in [0.5, 0.6) is 11.6 Å². The number of aromatic nitrogens is 2. The Morgan fingerprint density at radius 3 is 2.48 bits per heavy atom. The van der Waals surface area contributed by atoms with Gasteiger partial charge in [-0.1, -0.05) is 48.5 Å². The number of H-pyrrole nitrogens is 2. The lowest BCUT2D eigenvalue weighted by atomic mass is 9.68. The number of carbonyl (C=O) groups is 1. The van der Waals surface area contributed by atoms with Crippen molar-refractivity contribution in [2.24, 2.45) is 0 Å². The highest BCUT2D eigenvalue weighted by Gasteiger charge is 2.57. The molecule has 1 unspecified atom stereocenters. The van der Waals surface area contributed by atoms with Crippen LogP contribution >= 0.6 is 0 Å². The fourth-order valence-electron chi connectivity index (χ4n) is 4.59. The van der Waals surface area contributed by atoms with E-state index in [1.54, 1.807) is 12.1 Å². The summed E-state index contributed by atoms with van der Waals surface area (Å²) in [5.41, 5.74) is -0.877. The summed E-state index contributed by atoms with van der Waals surface area (Å²) in [5, 5.41) is 4.62. The predicted molar refractivity (Wildman–Crippen MR) is 107 cm³/mol. The average Bonchev–Trinajstić information content (AvgIpc) is 2.99. The number of nitrogens with one attached hydrogen (secondary N) is 3. The average molecular weight is 383 g/mol. The summed E-state index contributed by atoms with van der Waals surface area (Å²) in [6.07, 6.45) is 0. The van der Waals surface area contributed by atoms with E-state index in [1.807, 2.05) is 48.5 Å². The largest absolute Gasteiger partial charge is 0.440 e. The molecule has 3 N–H and O–H groups in total. The third kappa shape index (κ3) is 1.84. The van der Waals surface area contributed by atoms with E-state index >= 15 is 0 Å². The molecule has 7 heteroatoms. The van der Waals surface area contributed by atoms with Crippen LogP contribution in [-0.4, -0.2) is 15.9 Å². The third-order valence-electron chi connectivity index (χ3n) is 5.68. The van der Waals surface area contributed by atoms with Crippen molar-refractivity contribution < 1.29 is 9.53 Å². The number of amides is 1. The Morgan fingerprint density at radius 1 is 0.793 bits per heavy atom. The monoisotopic (exact) mass is 383 g/mol. The Bertz CT molecular complexity index is 1480. The number of benzene rings is 3. The zero-order chi connectivity index (χ0) is 19.8. The maximum Gasteiger partial charge on any atom is 0.328 e. The van der Waals surface area contributed by atoms with E-state index in [1.165, 1.54) is 0 Å². The molecule has 1 spiro atoms. The van der Waals surface area contributed by atoms with E-state index in [0.29, 0.717) is 22.6 Å². The van der Waals surface area contributed by atoms with Crippen molar-refractivity contribution in [3.05, 3.63) is 98.2 Å². The standard InChI is InChI=1S/C22H13N3O4/c26-18-17-19(25-21(28)24-18)29-15-10-9-11-5-1-2-6-12(11)16(15)22(17)13-7-3-4-8-14(13)23-20(22)27/h1-10H,(H,23,27)(H2,24,25,26,28). The molecule has 0 fully saturated rings. The van der Waals surface area contributed by atoms with Gasteiger partial charge in [-0.3, -0.25) is 19.6 Å². The molecule has 0 aliphatic carbocycles. The van der Waals surface area contributed by atoms with E-state index in [9.17, 15) is 14.4 Å². The maximum absolute atomic E-state index is 13.6. The quantitative estimate of drug-likeness (QED) is 0.434. The number of rotatable bonds is 0. The molecule has 2 aliphatic rings. The van der Waals surface area contributed by atoms with Crippen molar-refractivity contribution in [3.63, 3.8) is 0 Å². The highest BCUT2D eigenvalue weighted by molar-refractivity contribution is 6.14. The summed E-state index contributed by atoms with van der Waals surface area (Å²) < 4.78 is 5.94. The molecule has 4 aromatic rings. The Balaban J connectivity index is 1.89. The molecule has 6 rings (SSSR count). The van der Waals surface area contributed by atoms with Gasteiger partial charge in [0.1, 0.15) is 16.7 Å². The smallest absolute Gasteiger partial charge is 0.328 e. The van der Waals surface area contributed by atoms with Gasteiger partial charge in [-0.2, -0.15) is 0 Å². The predicted octanol–water partition coefficient (Wildman–Crippen LogP) is 2.61. The summed E-state index contributed by atoms with van der Waals surface area (Å²) in [4.78, 5) is 43.3. The molecule has 0 bridgehead atoms. The molecule has 3 heterocycles. The highest BCUT2D eigenvalue weighted by Crippen LogP contribution is 2.56. The molecule has 1 amide bonds. The summed E-state index contributed by atoms with van der Waals surface area (Å²) in [7, 11) is 0. The van der Waals surface area contributed by atoms with Crippen molar-refractivity contribution >= 4 is 22.4 Å². The van der Waals surface area contributed by atoms with Gasteiger partial charge in [0.05, 0.1) is 0 Å². The Kier molecular flexibility index (Phi) is 2.86. The van der Waals surface area contributed by atoms with Crippen LogP contribution in [0.3, 0.4) is 0 Å². The number of aromatic amines is 2. The summed E-state index contributed by atoms with van der Waals surface area (Å²) in [6, 6.07) is 18.5. The van der Waals surface area contributed by atoms with Gasteiger partial charge in [0.25, 0.3) is 5.56 Å². The molecule has 1 aromatic heterocycles. The number of para-hydroxylation sites is 1. The van der Waals surface area contributed by atoms with Crippen molar-refractivity contribution in [1.29, 1.82) is 0 Å². The molecule has 0 saturated carbocycles. The van der Waals surface area contributed by atoms with E-state index in [2.05, 4.69) is 15.3 Å². The first kappa shape index (κ1) is 15.9. The minimum absolute atomic E-state index is 0.0200. The van der Waals surface area contributed by atoms with Gasteiger partial charge in [0, 0.05) is 16.8 Å². The van der Waals surface area contributed by atoms with Gasteiger partial charge in [-0.05, 0) is 22.9 Å². The zero-order valence-electron chi connectivity index (χ0n) is 14.9. The molecule has 7 nitrogen and oxygen atoms in total. The minimum Gasteiger partial charge on any atom is -0.440 e. The molecule has 1 atom stereocenters. The van der Waals surface area contributed by atoms with Gasteiger partial charge in [-0.25, -0.2) is 4.79 Å². The summed E-state index contributed by atoms with van der Waals surface area (Å²) in [6.45, 7) is 0. The number of carbonyl (C=O) groups excluding carboxylic acids is 1. The molecule has 0 radical (unpaired) electrons. The van der Waals surface area contributed by atoms with E-state index < -0.39 is 16.7 Å². The maximum atomic E-state index is 13.6. The topological polar surface area (TPSA) is 104 Å². The SMILES string of the molecule is O=C1Nc2ccccc2C12c1c([nH]c(=O)[nH]c1=O)Oc1ccc3ccccc3c12. The number of fused-ring (bicyclic) bond motifs is 8. The van der Waals surface area contributed by atoms with E-state index in [-0.39, 0.29) is 17.4 Å². The highest BCUT2D eigenvalue weighted by atomic mass is 16.5. The fourth-order valence-corrected chi connectivity index (χ4v) is 4.59. The van der Waals surface area contributed by atoms with Gasteiger partial charge in [-0.15, -0.1) is 0 Å². The second-order valence-electron chi connectivity index (χ2n) is 7.12. The van der Waals surface area contributed by atoms with Crippen molar-refractivity contribution in [2.45, 2.75) is 5.41 Å². The fraction of sp³-hybridized carbons (Fsp3) is 0.0455. The van der Waals surface area contributed by atoms with Crippen molar-refractivity contribution in [1.82, 2.24) is 9.97 Å². The molecule has 140 valence electrons. The third-order valence-corrected chi connectivity index (χ3v) is 5.68. The molecular formula is C22H13N3O4. The van der Waals surface area contributed by atoms with Crippen LogP contribution in [0.25, 0.3) is 10.8 Å². The number of hydrogen-bond acceptors (Lipinski definition) is 4. The lowest BCUT2D eigenvalue weighted by Crippen LogP contribution is -2.45. The van der Waals surface area contributed by atoms with Gasteiger partial charge < -0.3 is 10.1 Å². The van der Waals surface area contributed by atoms with Crippen LogP contribution < -0.4 is 21.3 Å². The number of ether oxygens (including phenoxy) is 1. The van der Waals surface area contributed by atoms with Crippen LogP contribution in [0.4, 0.5) is 5.69 Å². The second kappa shape index (κ2) is 5.23. The molecule has 3 aromatic carbocycles. The Hall–Kier alpha value is -4.13. The van der Waals surface area contributed by atoms with Crippen LogP contribution in [0.2, 0.25) is 0 Å². The van der Waals surface area contributed by atoms with Crippen LogP contribution in [-0.2, 0) is 10.2 Å². The lowest BCUT2D eigenvalue weighted by molar-refractivity contribution is -0.118. The number of anilines is 1. The second-order valence-corrected chi connectivity index (χ2v) is 7.12. The first-order valence-electron chi connectivity index (χ1n) is 9.09. The van der Waals surface area contributed by atoms with Gasteiger partial charge in [0.2, 0.25) is 11.8 Å². The Morgan fingerprint density at radius 2 is 1.59 bits per heavy atom. The van der Waals surface area contributed by atoms with Crippen molar-refractivity contribution in [2.75, 3.05) is 5.32 Å². The molecule has 2 aliphatic heterocycles. The van der Waals surface area contributed by atoms with Gasteiger partial charge >= 0.3 is 5.69 Å². The Labute approximate surface area is 163 Å². The molecular weight excluding hydrogens is 370 g/mol. The summed E-state index contributed by atoms with van der Waals surface area (Å²) >= 11 is 0. The first-order chi connectivity index (χ1) is 14.1. The first-order valence-corrected chi connectivity index (χ1v) is 9.09. The van der Waals surface area contributed by atoms with Crippen LogP contribution in [0, 0.1) is 0 Å². The lowest BCUT2D eigenvalue weighted by Gasteiger charge is -2.35. The molecule has 29 heavy (non-hydrogen) atoms. The van der Waals surface area contributed by atoms with Gasteiger partial charge in [0.15, 0.2) is 0 Å². The van der Waals surface area contributed by atoms with E-state index in [0.717, 1.165) is 10.8 Å². The van der Waals surface area contributed by atoms with Crippen LogP contribution in [0.1, 0.15) is 16.7 Å². The van der Waals surface area contributed by atoms with Crippen LogP contribution in [0.15, 0.2) is 70.3 Å². The number of hydrogen-bond donors (Lipinski definition) is 3. The molecule has 0 saturated heterocycles. The normalized spacial score (nSPS) is 18.7. The van der Waals surface area contributed by atoms with E-state index in [4.69, 9.17) is 4.74 Å².